The predicted molar refractivity (Wildman–Crippen MR) is 183 cm³/mol. The van der Waals surface area contributed by atoms with Crippen LogP contribution in [-0.4, -0.2) is 52.5 Å². The van der Waals surface area contributed by atoms with Crippen molar-refractivity contribution in [3.05, 3.63) is 101 Å². The summed E-state index contributed by atoms with van der Waals surface area (Å²) in [6.07, 6.45) is 0.522. The second kappa shape index (κ2) is 14.4. The first-order valence-corrected chi connectivity index (χ1v) is 15.2. The first kappa shape index (κ1) is 33.0. The molecule has 240 valence electrons. The average Bonchev–Trinajstić information content (AvgIpc) is 3.07. The van der Waals surface area contributed by atoms with Gasteiger partial charge in [-0.3, -0.25) is 9.59 Å². The van der Waals surface area contributed by atoms with Gasteiger partial charge in [-0.1, -0.05) is 12.0 Å². The number of fused-ring (bicyclic) bond motifs is 2. The fraction of sp³-hybridized carbons (Fsp3) is 0.184. The minimum atomic E-state index is -1.42. The van der Waals surface area contributed by atoms with Gasteiger partial charge in [-0.2, -0.15) is 5.26 Å². The van der Waals surface area contributed by atoms with Crippen molar-refractivity contribution in [1.82, 2.24) is 9.89 Å². The van der Waals surface area contributed by atoms with Crippen molar-refractivity contribution in [2.75, 3.05) is 45.0 Å². The summed E-state index contributed by atoms with van der Waals surface area (Å²) in [5.74, 6) is 3.46. The van der Waals surface area contributed by atoms with Gasteiger partial charge in [0.2, 0.25) is 11.3 Å². The highest BCUT2D eigenvalue weighted by atomic mass is 16.4. The van der Waals surface area contributed by atoms with Gasteiger partial charge in [-0.25, -0.2) is 4.58 Å². The molecule has 1 aliphatic heterocycles. The first-order valence-electron chi connectivity index (χ1n) is 15.2. The van der Waals surface area contributed by atoms with E-state index in [2.05, 4.69) is 22.5 Å². The number of amides is 2. The molecule has 10 nitrogen and oxygen atoms in total. The summed E-state index contributed by atoms with van der Waals surface area (Å²) >= 11 is 0. The molecule has 48 heavy (non-hydrogen) atoms. The van der Waals surface area contributed by atoms with E-state index < -0.39 is 11.9 Å². The van der Waals surface area contributed by atoms with Crippen LogP contribution in [0.4, 0.5) is 11.4 Å². The molecule has 2 amide bonds. The summed E-state index contributed by atoms with van der Waals surface area (Å²) in [5.41, 5.74) is 4.54. The molecule has 0 fully saturated rings. The van der Waals surface area contributed by atoms with E-state index in [0.717, 1.165) is 11.0 Å². The minimum absolute atomic E-state index is 0.131. The lowest BCUT2D eigenvalue weighted by molar-refractivity contribution is -0.254. The lowest BCUT2D eigenvalue weighted by Crippen LogP contribution is -2.27. The molecule has 2 aliphatic rings. The molecule has 2 N–H and O–H groups in total. The van der Waals surface area contributed by atoms with Crippen molar-refractivity contribution in [3.8, 4) is 40.4 Å². The molecule has 1 heterocycles. The number of hydrogen-bond donors (Lipinski definition) is 2. The van der Waals surface area contributed by atoms with E-state index in [1.807, 2.05) is 74.1 Å². The largest absolute Gasteiger partial charge is 0.545 e. The predicted octanol–water partition coefficient (Wildman–Crippen LogP) is 3.69. The summed E-state index contributed by atoms with van der Waals surface area (Å²) in [4.78, 5) is 39.9. The molecule has 0 bridgehead atoms. The Hall–Kier alpha value is -6.39. The van der Waals surface area contributed by atoms with Crippen LogP contribution in [-0.2, 0) is 4.79 Å². The number of carbonyl (C=O) groups is 3. The van der Waals surface area contributed by atoms with Gasteiger partial charge < -0.3 is 29.9 Å². The first-order chi connectivity index (χ1) is 23.0. The van der Waals surface area contributed by atoms with Crippen LogP contribution in [0.3, 0.4) is 0 Å². The Bertz CT molecular complexity index is 2190. The van der Waals surface area contributed by atoms with Gasteiger partial charge >= 0.3 is 0 Å². The van der Waals surface area contributed by atoms with E-state index in [1.165, 1.54) is 6.07 Å². The van der Waals surface area contributed by atoms with Crippen LogP contribution >= 0.6 is 0 Å². The molecule has 0 aromatic heterocycles. The maximum Gasteiger partial charge on any atom is 0.251 e. The Morgan fingerprint density at radius 2 is 1.69 bits per heavy atom. The molecule has 0 atom stereocenters. The number of benzene rings is 4. The van der Waals surface area contributed by atoms with Crippen molar-refractivity contribution in [3.63, 3.8) is 0 Å². The van der Waals surface area contributed by atoms with Gasteiger partial charge in [0.25, 0.3) is 5.91 Å². The van der Waals surface area contributed by atoms with Crippen LogP contribution in [0, 0.1) is 23.2 Å². The number of carboxylic acids is 1. The number of nitriles is 1. The molecule has 5 rings (SSSR count). The normalized spacial score (nSPS) is 10.5. The van der Waals surface area contributed by atoms with E-state index >= 15 is 0 Å². The number of rotatable bonds is 9. The lowest BCUT2D eigenvalue weighted by Gasteiger charge is -2.20. The second-order valence-electron chi connectivity index (χ2n) is 11.5. The molecule has 0 unspecified atom stereocenters. The Kier molecular flexibility index (Phi) is 9.87. The highest BCUT2D eigenvalue weighted by molar-refractivity contribution is 6.09. The van der Waals surface area contributed by atoms with Gasteiger partial charge in [-0.15, -0.1) is 0 Å². The van der Waals surface area contributed by atoms with E-state index in [4.69, 9.17) is 9.68 Å². The fourth-order valence-electron chi connectivity index (χ4n) is 5.30. The summed E-state index contributed by atoms with van der Waals surface area (Å²) in [6.45, 7) is 0.204. The summed E-state index contributed by atoms with van der Waals surface area (Å²) < 4.78 is 8.31. The Balaban J connectivity index is 1.36. The number of carboxylic acid groups (broad SMARTS) is 1. The van der Waals surface area contributed by atoms with Gasteiger partial charge in [-0.05, 0) is 66.6 Å². The number of anilines is 2. The molecular formula is C38H33N5O5. The monoisotopic (exact) mass is 639 g/mol. The third-order valence-electron chi connectivity index (χ3n) is 7.79. The minimum Gasteiger partial charge on any atom is -0.545 e. The third-order valence-corrected chi connectivity index (χ3v) is 7.79. The van der Waals surface area contributed by atoms with Crippen molar-refractivity contribution in [2.45, 2.75) is 12.8 Å². The zero-order valence-electron chi connectivity index (χ0n) is 27.0. The molecule has 0 spiro atoms. The highest BCUT2D eigenvalue weighted by Crippen LogP contribution is 2.42. The van der Waals surface area contributed by atoms with E-state index in [9.17, 15) is 19.5 Å². The lowest BCUT2D eigenvalue weighted by atomic mass is 9.89. The molecule has 0 saturated heterocycles. The Morgan fingerprint density at radius 3 is 2.38 bits per heavy atom. The van der Waals surface area contributed by atoms with Crippen LogP contribution in [0.1, 0.15) is 39.1 Å². The Labute approximate surface area is 277 Å². The van der Waals surface area contributed by atoms with Crippen LogP contribution in [0.2, 0.25) is 0 Å². The quantitative estimate of drug-likeness (QED) is 0.108. The average molecular weight is 640 g/mol. The van der Waals surface area contributed by atoms with Gasteiger partial charge in [0, 0.05) is 89.7 Å². The zero-order valence-corrected chi connectivity index (χ0v) is 27.0. The van der Waals surface area contributed by atoms with Crippen molar-refractivity contribution < 1.29 is 23.9 Å². The smallest absolute Gasteiger partial charge is 0.251 e. The number of nitrogens with one attached hydrogen (secondary N) is 2. The van der Waals surface area contributed by atoms with Crippen molar-refractivity contribution in [1.29, 1.82) is 5.26 Å². The van der Waals surface area contributed by atoms with Crippen molar-refractivity contribution >= 4 is 40.1 Å². The summed E-state index contributed by atoms with van der Waals surface area (Å²) in [5, 5.41) is 28.3. The van der Waals surface area contributed by atoms with E-state index in [1.54, 1.807) is 42.5 Å². The molecule has 0 radical (unpaired) electrons. The maximum absolute atomic E-state index is 13.1. The molecule has 0 saturated carbocycles. The maximum atomic E-state index is 13.1. The van der Waals surface area contributed by atoms with Gasteiger partial charge in [0.15, 0.2) is 6.07 Å². The Morgan fingerprint density at radius 1 is 0.938 bits per heavy atom. The number of nitrogens with zero attached hydrogens (tertiary/aromatic N) is 3. The highest BCUT2D eigenvalue weighted by Gasteiger charge is 2.22. The van der Waals surface area contributed by atoms with Crippen LogP contribution < -0.4 is 30.6 Å². The van der Waals surface area contributed by atoms with Gasteiger partial charge in [0.1, 0.15) is 25.4 Å². The molecule has 1 aliphatic carbocycles. The van der Waals surface area contributed by atoms with Crippen LogP contribution in [0.5, 0.6) is 0 Å². The summed E-state index contributed by atoms with van der Waals surface area (Å²) in [6, 6.07) is 24.6. The molecule has 10 heteroatoms. The third kappa shape index (κ3) is 7.35. The zero-order chi connectivity index (χ0) is 34.4. The van der Waals surface area contributed by atoms with Crippen LogP contribution in [0.25, 0.3) is 33.4 Å². The topological polar surface area (TPSA) is 142 Å². The summed E-state index contributed by atoms with van der Waals surface area (Å²) in [7, 11) is 7.71. The van der Waals surface area contributed by atoms with E-state index in [-0.39, 0.29) is 30.0 Å². The number of aromatic carboxylic acids is 1. The number of hydrogen-bond acceptors (Lipinski definition) is 7. The molecule has 3 aromatic carbocycles. The standard InChI is InChI=1S/C38H33N5O5/c1-42(2)27-14-17-30-33(22-27)48-34-23-28(43(3)4)15-18-31(34)36(30)29-16-11-25(21-32(29)38(46)47)37(45)40-20-6-8-35(44)41-26-12-9-24(10-13-26)7-5-19-39/h9-18,21-23H,6,8,20H2,1-4H3,(H2-,40,41,44,45,46,47). The van der Waals surface area contributed by atoms with Gasteiger partial charge in [0.05, 0.1) is 12.0 Å². The SMILES string of the molecule is CN(C)c1ccc2c(-c3ccc(C(=O)NCCCC(=O)Nc4ccc(C#CC#N)cc4)cc3C(=O)[O-])c3ccc(=[N+](C)C)cc-3oc2c1. The van der Waals surface area contributed by atoms with E-state index in [0.29, 0.717) is 51.1 Å². The van der Waals surface area contributed by atoms with Crippen LogP contribution in [0.15, 0.2) is 83.3 Å². The van der Waals surface area contributed by atoms with Crippen molar-refractivity contribution in [2.24, 2.45) is 0 Å². The molecular weight excluding hydrogens is 606 g/mol. The number of carbonyl (C=O) groups excluding carboxylic acids is 3. The molecule has 3 aromatic rings. The fourth-order valence-corrected chi connectivity index (χ4v) is 5.30. The second-order valence-corrected chi connectivity index (χ2v) is 11.5.